The minimum absolute atomic E-state index is 0.0747. The molecule has 126 valence electrons. The Kier molecular flexibility index (Phi) is 3.80. The molecule has 2 heterocycles. The Morgan fingerprint density at radius 2 is 2.29 bits per heavy atom. The van der Waals surface area contributed by atoms with Crippen molar-refractivity contribution in [1.29, 1.82) is 0 Å². The standard InChI is InChI=1S/C20H25N3O/c1-4-12(2)22-20(24)14-8-16-15-6-5-7-17-19(15)13(10-21-17)9-18(16)23(3)11-14/h5-8,10,12,14,18-19H,4,9,11H2,1-3H3,(H,22,24)/t12-,14+,18?,19?/m1/s1. The number of hydrogen-bond acceptors (Lipinski definition) is 3. The van der Waals surface area contributed by atoms with E-state index in [-0.39, 0.29) is 17.9 Å². The fraction of sp³-hybridized carbons (Fsp3) is 0.500. The quantitative estimate of drug-likeness (QED) is 0.868. The van der Waals surface area contributed by atoms with Crippen molar-refractivity contribution in [3.8, 4) is 0 Å². The van der Waals surface area contributed by atoms with Crippen LogP contribution >= 0.6 is 0 Å². The zero-order chi connectivity index (χ0) is 16.8. The maximum absolute atomic E-state index is 12.6. The summed E-state index contributed by atoms with van der Waals surface area (Å²) in [4.78, 5) is 19.6. The van der Waals surface area contributed by atoms with Crippen LogP contribution in [0.5, 0.6) is 0 Å². The van der Waals surface area contributed by atoms with Crippen molar-refractivity contribution in [3.05, 3.63) is 47.2 Å². The van der Waals surface area contributed by atoms with Gasteiger partial charge >= 0.3 is 0 Å². The molecule has 2 aliphatic heterocycles. The smallest absolute Gasteiger partial charge is 0.228 e. The monoisotopic (exact) mass is 323 g/mol. The summed E-state index contributed by atoms with van der Waals surface area (Å²) in [6.45, 7) is 4.95. The first-order valence-corrected chi connectivity index (χ1v) is 8.96. The molecule has 0 aromatic rings. The van der Waals surface area contributed by atoms with E-state index in [1.54, 1.807) is 0 Å². The maximum Gasteiger partial charge on any atom is 0.228 e. The van der Waals surface area contributed by atoms with E-state index in [1.165, 1.54) is 16.7 Å². The number of likely N-dealkylation sites (N-methyl/N-ethyl adjacent to an activating group) is 1. The van der Waals surface area contributed by atoms with Gasteiger partial charge in [0.05, 0.1) is 11.6 Å². The first kappa shape index (κ1) is 15.6. The molecule has 1 fully saturated rings. The van der Waals surface area contributed by atoms with Gasteiger partial charge in [0.2, 0.25) is 5.91 Å². The molecule has 4 aliphatic rings. The molecular weight excluding hydrogens is 298 g/mol. The average molecular weight is 323 g/mol. The highest BCUT2D eigenvalue weighted by molar-refractivity contribution is 6.05. The fourth-order valence-corrected chi connectivity index (χ4v) is 4.22. The van der Waals surface area contributed by atoms with E-state index in [2.05, 4.69) is 66.6 Å². The Bertz CT molecular complexity index is 725. The number of rotatable bonds is 3. The molecule has 4 atom stereocenters. The molecule has 0 aromatic heterocycles. The summed E-state index contributed by atoms with van der Waals surface area (Å²) in [5.74, 6) is 0.396. The zero-order valence-electron chi connectivity index (χ0n) is 14.6. The third-order valence-electron chi connectivity index (χ3n) is 5.76. The Labute approximate surface area is 143 Å². The van der Waals surface area contributed by atoms with E-state index in [9.17, 15) is 4.79 Å². The Morgan fingerprint density at radius 3 is 3.08 bits per heavy atom. The minimum Gasteiger partial charge on any atom is -0.353 e. The van der Waals surface area contributed by atoms with Crippen molar-refractivity contribution in [2.24, 2.45) is 16.8 Å². The van der Waals surface area contributed by atoms with E-state index in [4.69, 9.17) is 0 Å². The van der Waals surface area contributed by atoms with Crippen LogP contribution in [-0.4, -0.2) is 42.2 Å². The van der Waals surface area contributed by atoms with Crippen molar-refractivity contribution in [2.75, 3.05) is 13.6 Å². The van der Waals surface area contributed by atoms with Crippen molar-refractivity contribution in [1.82, 2.24) is 10.2 Å². The SMILES string of the molecule is CC[C@@H](C)NC(=O)[C@H]1C=C2C3=CC=CC4=NC=C(CC2N(C)C1)C34. The number of carbonyl (C=O) groups is 1. The highest BCUT2D eigenvalue weighted by Gasteiger charge is 2.42. The molecule has 4 nitrogen and oxygen atoms in total. The lowest BCUT2D eigenvalue weighted by atomic mass is 9.69. The summed E-state index contributed by atoms with van der Waals surface area (Å²) in [5.41, 5.74) is 5.23. The predicted octanol–water partition coefficient (Wildman–Crippen LogP) is 2.61. The van der Waals surface area contributed by atoms with Gasteiger partial charge in [0.1, 0.15) is 0 Å². The number of amides is 1. The molecule has 0 saturated heterocycles. The third-order valence-corrected chi connectivity index (χ3v) is 5.76. The highest BCUT2D eigenvalue weighted by atomic mass is 16.2. The number of nitrogens with zero attached hydrogens (tertiary/aromatic N) is 2. The molecule has 0 spiro atoms. The van der Waals surface area contributed by atoms with Crippen molar-refractivity contribution in [3.63, 3.8) is 0 Å². The van der Waals surface area contributed by atoms with Gasteiger partial charge in [-0.3, -0.25) is 14.7 Å². The molecule has 2 unspecified atom stereocenters. The topological polar surface area (TPSA) is 44.7 Å². The Morgan fingerprint density at radius 1 is 1.46 bits per heavy atom. The van der Waals surface area contributed by atoms with Crippen LogP contribution in [0.25, 0.3) is 0 Å². The lowest BCUT2D eigenvalue weighted by Gasteiger charge is -2.44. The molecule has 4 rings (SSSR count). The van der Waals surface area contributed by atoms with Crippen molar-refractivity contribution >= 4 is 11.6 Å². The summed E-state index contributed by atoms with van der Waals surface area (Å²) >= 11 is 0. The molecule has 0 radical (unpaired) electrons. The molecule has 1 saturated carbocycles. The minimum atomic E-state index is -0.0747. The van der Waals surface area contributed by atoms with Crippen LogP contribution in [0.1, 0.15) is 26.7 Å². The molecular formula is C20H25N3O. The van der Waals surface area contributed by atoms with Gasteiger partial charge in [-0.15, -0.1) is 0 Å². The van der Waals surface area contributed by atoms with E-state index in [1.807, 2.05) is 0 Å². The van der Waals surface area contributed by atoms with Gasteiger partial charge < -0.3 is 5.32 Å². The van der Waals surface area contributed by atoms with Crippen LogP contribution in [0, 0.1) is 11.8 Å². The number of nitrogens with one attached hydrogen (secondary N) is 1. The number of fused-ring (bicyclic) bond motifs is 2. The van der Waals surface area contributed by atoms with Crippen LogP contribution in [0.3, 0.4) is 0 Å². The molecule has 1 N–H and O–H groups in total. The number of hydrogen-bond donors (Lipinski definition) is 1. The predicted molar refractivity (Wildman–Crippen MR) is 96.7 cm³/mol. The van der Waals surface area contributed by atoms with Gasteiger partial charge in [-0.25, -0.2) is 0 Å². The van der Waals surface area contributed by atoms with Crippen LogP contribution < -0.4 is 5.32 Å². The van der Waals surface area contributed by atoms with Crippen LogP contribution in [0.4, 0.5) is 0 Å². The van der Waals surface area contributed by atoms with Gasteiger partial charge in [-0.1, -0.05) is 25.2 Å². The fourth-order valence-electron chi connectivity index (χ4n) is 4.22. The highest BCUT2D eigenvalue weighted by Crippen LogP contribution is 2.46. The lowest BCUT2D eigenvalue weighted by Crippen LogP contribution is -2.49. The van der Waals surface area contributed by atoms with Gasteiger partial charge in [0, 0.05) is 30.7 Å². The van der Waals surface area contributed by atoms with Crippen LogP contribution in [-0.2, 0) is 4.79 Å². The first-order chi connectivity index (χ1) is 11.6. The van der Waals surface area contributed by atoms with E-state index < -0.39 is 0 Å². The van der Waals surface area contributed by atoms with E-state index >= 15 is 0 Å². The van der Waals surface area contributed by atoms with E-state index in [0.29, 0.717) is 12.0 Å². The molecule has 2 aliphatic carbocycles. The van der Waals surface area contributed by atoms with Crippen molar-refractivity contribution < 1.29 is 4.79 Å². The zero-order valence-corrected chi connectivity index (χ0v) is 14.6. The molecule has 24 heavy (non-hydrogen) atoms. The number of aliphatic imine (C=N–C) groups is 1. The third kappa shape index (κ3) is 2.40. The van der Waals surface area contributed by atoms with Gasteiger partial charge in [-0.2, -0.15) is 0 Å². The summed E-state index contributed by atoms with van der Waals surface area (Å²) in [7, 11) is 2.14. The summed E-state index contributed by atoms with van der Waals surface area (Å²) < 4.78 is 0. The van der Waals surface area contributed by atoms with Crippen LogP contribution in [0.2, 0.25) is 0 Å². The average Bonchev–Trinajstić information content (AvgIpc) is 3.00. The summed E-state index contributed by atoms with van der Waals surface area (Å²) in [5, 5.41) is 3.14. The first-order valence-electron chi connectivity index (χ1n) is 8.96. The molecule has 0 bridgehead atoms. The largest absolute Gasteiger partial charge is 0.353 e. The second kappa shape index (κ2) is 5.85. The van der Waals surface area contributed by atoms with Gasteiger partial charge in [0.15, 0.2) is 0 Å². The number of carbonyl (C=O) groups excluding carboxylic acids is 1. The van der Waals surface area contributed by atoms with Crippen LogP contribution in [0.15, 0.2) is 52.2 Å². The Hall–Kier alpha value is -1.94. The number of allylic oxidation sites excluding steroid dienone is 3. The van der Waals surface area contributed by atoms with Crippen molar-refractivity contribution in [2.45, 2.75) is 38.8 Å². The normalized spacial score (nSPS) is 32.0. The van der Waals surface area contributed by atoms with E-state index in [0.717, 1.165) is 25.1 Å². The molecule has 0 aromatic carbocycles. The second-order valence-corrected chi connectivity index (χ2v) is 7.38. The maximum atomic E-state index is 12.6. The van der Waals surface area contributed by atoms with Gasteiger partial charge in [0.25, 0.3) is 0 Å². The lowest BCUT2D eigenvalue weighted by molar-refractivity contribution is -0.125. The summed E-state index contributed by atoms with van der Waals surface area (Å²) in [6.07, 6.45) is 12.7. The summed E-state index contributed by atoms with van der Waals surface area (Å²) in [6, 6.07) is 0.595. The molecule has 4 heteroatoms. The molecule has 1 amide bonds. The van der Waals surface area contributed by atoms with Gasteiger partial charge in [-0.05, 0) is 49.6 Å². The Balaban J connectivity index is 1.67. The second-order valence-electron chi connectivity index (χ2n) is 7.38.